The van der Waals surface area contributed by atoms with E-state index in [0.717, 1.165) is 12.1 Å². The molecule has 0 aromatic heterocycles. The number of benzene rings is 1. The van der Waals surface area contributed by atoms with E-state index >= 15 is 0 Å². The van der Waals surface area contributed by atoms with E-state index in [1.807, 2.05) is 0 Å². The molecule has 5 atom stereocenters. The average molecular weight is 326 g/mol. The summed E-state index contributed by atoms with van der Waals surface area (Å²) in [6.07, 6.45) is -2.39. The molecule has 0 heterocycles. The Balaban J connectivity index is 1.72. The minimum Gasteiger partial charge on any atom is -0.392 e. The predicted octanol–water partition coefficient (Wildman–Crippen LogP) is 2.88. The van der Waals surface area contributed by atoms with Crippen molar-refractivity contribution in [3.63, 3.8) is 0 Å². The SMILES string of the molecule is O=C1C[C@H]2C(C=CC(O)c3cccc(C(F)(F)F)c3)C(O)C[C@H]12. The largest absolute Gasteiger partial charge is 0.416 e. The highest BCUT2D eigenvalue weighted by molar-refractivity contribution is 5.88. The maximum Gasteiger partial charge on any atom is 0.416 e. The first-order chi connectivity index (χ1) is 10.8. The molecule has 0 aliphatic heterocycles. The standard InChI is InChI=1S/C17H17F3O3/c18-17(19,20)10-3-1-2-9(6-10)14(21)5-4-11-12-7-16(23)13(12)8-15(11)22/h1-6,11-15,21-22H,7-8H2/t11?,12-,13-,14?,15?/m0/s1. The van der Waals surface area contributed by atoms with Crippen LogP contribution in [-0.2, 0) is 11.0 Å². The molecular weight excluding hydrogens is 309 g/mol. The van der Waals surface area contributed by atoms with Gasteiger partial charge in [-0.05, 0) is 30.0 Å². The van der Waals surface area contributed by atoms with Crippen molar-refractivity contribution in [2.75, 3.05) is 0 Å². The summed E-state index contributed by atoms with van der Waals surface area (Å²) < 4.78 is 38.1. The first-order valence-corrected chi connectivity index (χ1v) is 7.51. The van der Waals surface area contributed by atoms with Crippen LogP contribution in [0.15, 0.2) is 36.4 Å². The highest BCUT2D eigenvalue weighted by Crippen LogP contribution is 2.48. The molecule has 0 saturated heterocycles. The zero-order chi connectivity index (χ0) is 16.8. The fraction of sp³-hybridized carbons (Fsp3) is 0.471. The molecule has 2 N–H and O–H groups in total. The third-order valence-electron chi connectivity index (χ3n) is 4.87. The van der Waals surface area contributed by atoms with Crippen molar-refractivity contribution in [3.8, 4) is 0 Å². The Kier molecular flexibility index (Phi) is 4.06. The summed E-state index contributed by atoms with van der Waals surface area (Å²) in [5.74, 6) is -0.0886. The number of Topliss-reactive ketones (excluding diaryl/α,β-unsaturated/α-hetero) is 1. The summed E-state index contributed by atoms with van der Waals surface area (Å²) in [5, 5.41) is 20.1. The number of rotatable bonds is 3. The van der Waals surface area contributed by atoms with Crippen LogP contribution in [0.2, 0.25) is 0 Å². The molecule has 124 valence electrons. The van der Waals surface area contributed by atoms with Gasteiger partial charge in [0.05, 0.1) is 17.8 Å². The van der Waals surface area contributed by atoms with Crippen molar-refractivity contribution >= 4 is 5.78 Å². The van der Waals surface area contributed by atoms with E-state index in [-0.39, 0.29) is 29.1 Å². The third-order valence-corrected chi connectivity index (χ3v) is 4.87. The zero-order valence-corrected chi connectivity index (χ0v) is 12.2. The van der Waals surface area contributed by atoms with E-state index in [2.05, 4.69) is 0 Å². The van der Waals surface area contributed by atoms with Crippen LogP contribution in [0.4, 0.5) is 13.2 Å². The summed E-state index contributed by atoms with van der Waals surface area (Å²) in [4.78, 5) is 11.4. The first-order valence-electron chi connectivity index (χ1n) is 7.51. The maximum atomic E-state index is 12.7. The highest BCUT2D eigenvalue weighted by Gasteiger charge is 2.51. The molecular formula is C17H17F3O3. The van der Waals surface area contributed by atoms with E-state index in [9.17, 15) is 28.2 Å². The lowest BCUT2D eigenvalue weighted by atomic mass is 9.71. The second-order valence-corrected chi connectivity index (χ2v) is 6.27. The van der Waals surface area contributed by atoms with Gasteiger partial charge in [0.1, 0.15) is 5.78 Å². The van der Waals surface area contributed by atoms with Crippen LogP contribution >= 0.6 is 0 Å². The first kappa shape index (κ1) is 16.2. The van der Waals surface area contributed by atoms with E-state index in [4.69, 9.17) is 0 Å². The van der Waals surface area contributed by atoms with Crippen molar-refractivity contribution in [3.05, 3.63) is 47.5 Å². The van der Waals surface area contributed by atoms with Gasteiger partial charge in [0.25, 0.3) is 0 Å². The summed E-state index contributed by atoms with van der Waals surface area (Å²) in [7, 11) is 0. The van der Waals surface area contributed by atoms with Gasteiger partial charge in [-0.3, -0.25) is 4.79 Å². The molecule has 0 bridgehead atoms. The minimum atomic E-state index is -4.46. The van der Waals surface area contributed by atoms with Crippen LogP contribution in [0.3, 0.4) is 0 Å². The lowest BCUT2D eigenvalue weighted by Gasteiger charge is -2.31. The molecule has 2 aliphatic rings. The molecule has 6 heteroatoms. The number of alkyl halides is 3. The molecule has 23 heavy (non-hydrogen) atoms. The monoisotopic (exact) mass is 326 g/mol. The van der Waals surface area contributed by atoms with Gasteiger partial charge in [-0.1, -0.05) is 24.3 Å². The minimum absolute atomic E-state index is 0.0856. The molecule has 0 radical (unpaired) electrons. The molecule has 3 unspecified atom stereocenters. The summed E-state index contributed by atoms with van der Waals surface area (Å²) in [6, 6.07) is 4.53. The van der Waals surface area contributed by atoms with Crippen molar-refractivity contribution in [1.82, 2.24) is 0 Å². The average Bonchev–Trinajstić information content (AvgIpc) is 2.75. The molecule has 2 fully saturated rings. The van der Waals surface area contributed by atoms with E-state index in [1.54, 1.807) is 6.08 Å². The van der Waals surface area contributed by atoms with Gasteiger partial charge in [-0.2, -0.15) is 13.2 Å². The molecule has 1 aromatic rings. The number of halogens is 3. The van der Waals surface area contributed by atoms with Crippen LogP contribution in [0.5, 0.6) is 0 Å². The van der Waals surface area contributed by atoms with Crippen LogP contribution in [-0.4, -0.2) is 22.1 Å². The van der Waals surface area contributed by atoms with Gasteiger partial charge in [-0.25, -0.2) is 0 Å². The fourth-order valence-electron chi connectivity index (χ4n) is 3.53. The van der Waals surface area contributed by atoms with Gasteiger partial charge in [0.15, 0.2) is 0 Å². The Bertz CT molecular complexity index is 638. The number of carbonyl (C=O) groups excluding carboxylic acids is 1. The topological polar surface area (TPSA) is 57.5 Å². The van der Waals surface area contributed by atoms with Crippen molar-refractivity contribution < 1.29 is 28.2 Å². The Hall–Kier alpha value is -1.66. The number of hydrogen-bond acceptors (Lipinski definition) is 3. The molecule has 3 nitrogen and oxygen atoms in total. The second-order valence-electron chi connectivity index (χ2n) is 6.27. The Labute approximate surface area is 131 Å². The van der Waals surface area contributed by atoms with Crippen LogP contribution in [0, 0.1) is 17.8 Å². The molecule has 2 saturated carbocycles. The number of aliphatic hydroxyl groups is 2. The normalized spacial score (nSPS) is 32.0. The van der Waals surface area contributed by atoms with E-state index < -0.39 is 23.9 Å². The highest BCUT2D eigenvalue weighted by atomic mass is 19.4. The summed E-state index contributed by atoms with van der Waals surface area (Å²) in [6.45, 7) is 0. The fourth-order valence-corrected chi connectivity index (χ4v) is 3.53. The number of ketones is 1. The van der Waals surface area contributed by atoms with Gasteiger partial charge in [-0.15, -0.1) is 0 Å². The Morgan fingerprint density at radius 2 is 2.04 bits per heavy atom. The lowest BCUT2D eigenvalue weighted by Crippen LogP contribution is -2.35. The van der Waals surface area contributed by atoms with Crippen LogP contribution in [0.1, 0.15) is 30.1 Å². The summed E-state index contributed by atoms with van der Waals surface area (Å²) in [5.41, 5.74) is -0.669. The van der Waals surface area contributed by atoms with Crippen LogP contribution in [0.25, 0.3) is 0 Å². The number of carbonyl (C=O) groups is 1. The van der Waals surface area contributed by atoms with Gasteiger partial charge < -0.3 is 10.2 Å². The summed E-state index contributed by atoms with van der Waals surface area (Å²) >= 11 is 0. The molecule has 3 rings (SSSR count). The van der Waals surface area contributed by atoms with Gasteiger partial charge in [0, 0.05) is 18.3 Å². The number of hydrogen-bond donors (Lipinski definition) is 2. The van der Waals surface area contributed by atoms with Crippen molar-refractivity contribution in [2.45, 2.75) is 31.2 Å². The smallest absolute Gasteiger partial charge is 0.392 e. The van der Waals surface area contributed by atoms with E-state index in [1.165, 1.54) is 18.2 Å². The van der Waals surface area contributed by atoms with Gasteiger partial charge in [0.2, 0.25) is 0 Å². The molecule has 2 aliphatic carbocycles. The van der Waals surface area contributed by atoms with Crippen molar-refractivity contribution in [2.24, 2.45) is 17.8 Å². The third kappa shape index (κ3) is 3.05. The number of aliphatic hydroxyl groups excluding tert-OH is 2. The van der Waals surface area contributed by atoms with Gasteiger partial charge >= 0.3 is 6.18 Å². The van der Waals surface area contributed by atoms with Crippen molar-refractivity contribution in [1.29, 1.82) is 0 Å². The Morgan fingerprint density at radius 3 is 2.65 bits per heavy atom. The second kappa shape index (κ2) is 5.76. The maximum absolute atomic E-state index is 12.7. The van der Waals surface area contributed by atoms with Crippen LogP contribution < -0.4 is 0 Å². The predicted molar refractivity (Wildman–Crippen MR) is 76.3 cm³/mol. The Morgan fingerprint density at radius 1 is 1.30 bits per heavy atom. The molecule has 1 aromatic carbocycles. The lowest BCUT2D eigenvalue weighted by molar-refractivity contribution is -0.137. The number of fused-ring (bicyclic) bond motifs is 1. The molecule has 0 spiro atoms. The molecule has 0 amide bonds. The van der Waals surface area contributed by atoms with E-state index in [0.29, 0.717) is 12.8 Å². The quantitative estimate of drug-likeness (QED) is 0.840. The zero-order valence-electron chi connectivity index (χ0n) is 12.2.